The third-order valence-corrected chi connectivity index (χ3v) is 6.84. The van der Waals surface area contributed by atoms with E-state index in [0.717, 1.165) is 5.56 Å². The fourth-order valence-corrected chi connectivity index (χ4v) is 4.99. The SMILES string of the molecule is CC(C)(C)OC(=O)N1CCO[C@@H](CNc2ccccc2C(=O)c2c([N+](=O)[O-])cc(N)c3c2Cc2ccccc2O3)C1. The number of ether oxygens (including phenoxy) is 3. The number of ketones is 1. The van der Waals surface area contributed by atoms with Gasteiger partial charge >= 0.3 is 6.09 Å². The number of amides is 1. The van der Waals surface area contributed by atoms with E-state index in [4.69, 9.17) is 19.9 Å². The molecule has 0 aromatic heterocycles. The number of carbonyl (C=O) groups is 2. The Morgan fingerprint density at radius 3 is 2.66 bits per heavy atom. The van der Waals surface area contributed by atoms with Crippen molar-refractivity contribution in [3.05, 3.63) is 87.0 Å². The second-order valence-electron chi connectivity index (χ2n) is 11.0. The molecule has 1 atom stereocenters. The van der Waals surface area contributed by atoms with Crippen molar-refractivity contribution in [3.8, 4) is 11.5 Å². The maximum atomic E-state index is 14.1. The molecule has 3 N–H and O–H groups in total. The molecule has 1 saturated heterocycles. The van der Waals surface area contributed by atoms with Crippen molar-refractivity contribution in [1.82, 2.24) is 4.90 Å². The van der Waals surface area contributed by atoms with Crippen LogP contribution in [0.4, 0.5) is 21.9 Å². The van der Waals surface area contributed by atoms with Gasteiger partial charge in [0.25, 0.3) is 5.69 Å². The molecule has 0 spiro atoms. The van der Waals surface area contributed by atoms with Gasteiger partial charge in [-0.1, -0.05) is 30.3 Å². The number of anilines is 2. The molecular formula is C30H32N4O7. The Hall–Kier alpha value is -4.64. The van der Waals surface area contributed by atoms with E-state index in [-0.39, 0.29) is 40.8 Å². The topological polar surface area (TPSA) is 146 Å². The van der Waals surface area contributed by atoms with E-state index in [1.54, 1.807) is 35.2 Å². The second kappa shape index (κ2) is 11.1. The minimum atomic E-state index is -0.612. The van der Waals surface area contributed by atoms with Gasteiger partial charge in [0.2, 0.25) is 5.78 Å². The first kappa shape index (κ1) is 27.9. The molecule has 0 radical (unpaired) electrons. The molecule has 0 unspecified atom stereocenters. The summed E-state index contributed by atoms with van der Waals surface area (Å²) in [6.07, 6.45) is -0.515. The number of fused-ring (bicyclic) bond motifs is 2. The Labute approximate surface area is 237 Å². The molecule has 11 heteroatoms. The highest BCUT2D eigenvalue weighted by Gasteiger charge is 2.34. The fourth-order valence-electron chi connectivity index (χ4n) is 4.99. The molecule has 11 nitrogen and oxygen atoms in total. The first-order chi connectivity index (χ1) is 19.5. The van der Waals surface area contributed by atoms with Crippen molar-refractivity contribution < 1.29 is 28.7 Å². The number of morpholine rings is 1. The summed E-state index contributed by atoms with van der Waals surface area (Å²) in [5.74, 6) is 0.314. The predicted octanol–water partition coefficient (Wildman–Crippen LogP) is 5.15. The minimum absolute atomic E-state index is 0.0621. The molecule has 2 aliphatic heterocycles. The van der Waals surface area contributed by atoms with Gasteiger partial charge in [-0.05, 0) is 44.5 Å². The lowest BCUT2D eigenvalue weighted by Gasteiger charge is -2.34. The molecule has 0 bridgehead atoms. The van der Waals surface area contributed by atoms with E-state index >= 15 is 0 Å². The van der Waals surface area contributed by atoms with E-state index in [0.29, 0.717) is 43.2 Å². The lowest BCUT2D eigenvalue weighted by Crippen LogP contribution is -2.49. The van der Waals surface area contributed by atoms with E-state index in [1.807, 2.05) is 39.0 Å². The average molecular weight is 561 g/mol. The highest BCUT2D eigenvalue weighted by Crippen LogP contribution is 2.45. The predicted molar refractivity (Wildman–Crippen MR) is 153 cm³/mol. The quantitative estimate of drug-likeness (QED) is 0.141. The number of benzene rings is 3. The summed E-state index contributed by atoms with van der Waals surface area (Å²) in [6.45, 7) is 6.80. The number of nitro benzene ring substituents is 1. The molecular weight excluding hydrogens is 528 g/mol. The summed E-state index contributed by atoms with van der Waals surface area (Å²) in [5, 5.41) is 15.4. The fraction of sp³-hybridized carbons (Fsp3) is 0.333. The van der Waals surface area contributed by atoms with Crippen LogP contribution in [-0.4, -0.2) is 59.6 Å². The Balaban J connectivity index is 1.41. The zero-order chi connectivity index (χ0) is 29.3. The lowest BCUT2D eigenvalue weighted by atomic mass is 9.89. The van der Waals surface area contributed by atoms with E-state index in [1.165, 1.54) is 6.07 Å². The molecule has 214 valence electrons. The number of nitrogens with two attached hydrogens (primary N) is 1. The molecule has 3 aromatic rings. The molecule has 2 aliphatic rings. The van der Waals surface area contributed by atoms with Crippen molar-refractivity contribution in [2.45, 2.75) is 38.9 Å². The Morgan fingerprint density at radius 1 is 1.17 bits per heavy atom. The maximum absolute atomic E-state index is 14.1. The smallest absolute Gasteiger partial charge is 0.410 e. The normalized spacial score (nSPS) is 16.2. The third kappa shape index (κ3) is 5.94. The molecule has 1 fully saturated rings. The molecule has 1 amide bonds. The van der Waals surface area contributed by atoms with Crippen molar-refractivity contribution in [3.63, 3.8) is 0 Å². The molecule has 41 heavy (non-hydrogen) atoms. The Bertz CT molecular complexity index is 1520. The monoisotopic (exact) mass is 560 g/mol. The number of nitrogens with zero attached hydrogens (tertiary/aromatic N) is 2. The highest BCUT2D eigenvalue weighted by atomic mass is 16.6. The van der Waals surface area contributed by atoms with Crippen LogP contribution < -0.4 is 15.8 Å². The van der Waals surface area contributed by atoms with Gasteiger partial charge in [-0.25, -0.2) is 4.79 Å². The number of nitrogens with one attached hydrogen (secondary N) is 1. The van der Waals surface area contributed by atoms with Crippen LogP contribution in [0, 0.1) is 10.1 Å². The number of carbonyl (C=O) groups excluding carboxylic acids is 2. The van der Waals surface area contributed by atoms with Crippen LogP contribution >= 0.6 is 0 Å². The van der Waals surface area contributed by atoms with Gasteiger partial charge in [-0.15, -0.1) is 0 Å². The van der Waals surface area contributed by atoms with Crippen molar-refractivity contribution >= 4 is 28.9 Å². The van der Waals surface area contributed by atoms with Crippen LogP contribution in [0.25, 0.3) is 0 Å². The summed E-state index contributed by atoms with van der Waals surface area (Å²) in [5.41, 5.74) is 7.10. The molecule has 3 aromatic carbocycles. The van der Waals surface area contributed by atoms with E-state index in [9.17, 15) is 19.7 Å². The second-order valence-corrected chi connectivity index (χ2v) is 11.0. The number of hydrogen-bond donors (Lipinski definition) is 2. The highest BCUT2D eigenvalue weighted by molar-refractivity contribution is 6.16. The number of rotatable bonds is 6. The molecule has 2 heterocycles. The van der Waals surface area contributed by atoms with Crippen LogP contribution in [0.5, 0.6) is 11.5 Å². The van der Waals surface area contributed by atoms with Gasteiger partial charge in [-0.2, -0.15) is 0 Å². The zero-order valence-electron chi connectivity index (χ0n) is 23.1. The van der Waals surface area contributed by atoms with E-state index in [2.05, 4.69) is 5.32 Å². The molecule has 0 aliphatic carbocycles. The summed E-state index contributed by atoms with van der Waals surface area (Å²) in [7, 11) is 0. The van der Waals surface area contributed by atoms with Gasteiger partial charge in [0.15, 0.2) is 5.75 Å². The standard InChI is InChI=1S/C30H32N4O7/c1-30(2,3)41-29(36)33-12-13-39-19(17-33)16-32-23-10-6-5-9-20(23)27(35)26-21-14-18-8-4-7-11-25(18)40-28(21)22(31)15-24(26)34(37)38/h4-11,15,19,32H,12-14,16-17,31H2,1-3H3/t19-/m0/s1. The first-order valence-corrected chi connectivity index (χ1v) is 13.3. The zero-order valence-corrected chi connectivity index (χ0v) is 23.1. The summed E-state index contributed by atoms with van der Waals surface area (Å²) < 4.78 is 17.3. The van der Waals surface area contributed by atoms with Crippen LogP contribution in [0.15, 0.2) is 54.6 Å². The van der Waals surface area contributed by atoms with Crippen molar-refractivity contribution in [1.29, 1.82) is 0 Å². The van der Waals surface area contributed by atoms with Crippen molar-refractivity contribution in [2.24, 2.45) is 0 Å². The first-order valence-electron chi connectivity index (χ1n) is 13.3. The van der Waals surface area contributed by atoms with E-state index < -0.39 is 22.4 Å². The van der Waals surface area contributed by atoms with Gasteiger partial charge in [0.1, 0.15) is 16.9 Å². The molecule has 5 rings (SSSR count). The number of nitrogen functional groups attached to an aromatic ring is 1. The number of hydrogen-bond acceptors (Lipinski definition) is 9. The number of para-hydroxylation sites is 2. The van der Waals surface area contributed by atoms with Crippen LogP contribution in [0.3, 0.4) is 0 Å². The van der Waals surface area contributed by atoms with Crippen LogP contribution in [0.1, 0.15) is 47.8 Å². The minimum Gasteiger partial charge on any atom is -0.455 e. The maximum Gasteiger partial charge on any atom is 0.410 e. The van der Waals surface area contributed by atoms with Gasteiger partial charge in [-0.3, -0.25) is 14.9 Å². The largest absolute Gasteiger partial charge is 0.455 e. The Kier molecular flexibility index (Phi) is 7.55. The summed E-state index contributed by atoms with van der Waals surface area (Å²) >= 11 is 0. The summed E-state index contributed by atoms with van der Waals surface area (Å²) in [4.78, 5) is 39.7. The van der Waals surface area contributed by atoms with Crippen molar-refractivity contribution in [2.75, 3.05) is 37.3 Å². The van der Waals surface area contributed by atoms with Gasteiger partial charge in [0.05, 0.1) is 29.9 Å². The average Bonchev–Trinajstić information content (AvgIpc) is 2.94. The van der Waals surface area contributed by atoms with Crippen LogP contribution in [-0.2, 0) is 15.9 Å². The lowest BCUT2D eigenvalue weighted by molar-refractivity contribution is -0.385. The third-order valence-electron chi connectivity index (χ3n) is 6.84. The van der Waals surface area contributed by atoms with Gasteiger partial charge < -0.3 is 30.2 Å². The molecule has 0 saturated carbocycles. The van der Waals surface area contributed by atoms with Crippen LogP contribution in [0.2, 0.25) is 0 Å². The summed E-state index contributed by atoms with van der Waals surface area (Å²) in [6, 6.07) is 15.3. The Morgan fingerprint density at radius 2 is 1.90 bits per heavy atom. The number of nitro groups is 1. The van der Waals surface area contributed by atoms with Gasteiger partial charge in [0, 0.05) is 42.4 Å².